The van der Waals surface area contributed by atoms with E-state index >= 15 is 0 Å². The maximum atomic E-state index is 13.4. The van der Waals surface area contributed by atoms with Crippen LogP contribution in [0.25, 0.3) is 21.8 Å². The third kappa shape index (κ3) is 6.00. The molecule has 4 aromatic carbocycles. The van der Waals surface area contributed by atoms with E-state index in [0.29, 0.717) is 11.0 Å². The zero-order valence-corrected chi connectivity index (χ0v) is 25.8. The van der Waals surface area contributed by atoms with Gasteiger partial charge in [0.1, 0.15) is 10.6 Å². The van der Waals surface area contributed by atoms with Crippen molar-refractivity contribution in [2.24, 2.45) is 0 Å². The lowest BCUT2D eigenvalue weighted by atomic mass is 10.1. The number of aryl methyl sites for hydroxylation is 2. The molecule has 0 radical (unpaired) electrons. The summed E-state index contributed by atoms with van der Waals surface area (Å²) in [6, 6.07) is 30.1. The van der Waals surface area contributed by atoms with Crippen LogP contribution in [0.5, 0.6) is 5.75 Å². The van der Waals surface area contributed by atoms with Gasteiger partial charge in [0, 0.05) is 57.6 Å². The highest BCUT2D eigenvalue weighted by molar-refractivity contribution is 7.99. The molecule has 0 fully saturated rings. The summed E-state index contributed by atoms with van der Waals surface area (Å²) < 4.78 is 32.3. The van der Waals surface area contributed by atoms with E-state index in [4.69, 9.17) is 4.18 Å². The minimum atomic E-state index is -4.07. The lowest BCUT2D eigenvalue weighted by Gasteiger charge is -2.17. The van der Waals surface area contributed by atoms with Crippen LogP contribution in [0.2, 0.25) is 0 Å². The molecule has 9 heteroatoms. The Balaban J connectivity index is 1.24. The van der Waals surface area contributed by atoms with Crippen LogP contribution in [0.15, 0.2) is 118 Å². The number of hydrogen-bond acceptors (Lipinski definition) is 8. The average molecular weight is 607 g/mol. The molecule has 1 N–H and O–H groups in total. The molecule has 2 heterocycles. The van der Waals surface area contributed by atoms with Crippen LogP contribution in [0.3, 0.4) is 0 Å². The minimum Gasteiger partial charge on any atom is -0.379 e. The summed E-state index contributed by atoms with van der Waals surface area (Å²) in [5.41, 5.74) is 5.54. The standard InChI is InChI=1S/C34H30N4O3S2/c1-22-11-18-32(30(21-22)37-29-19-20-35-34-28(29)17-12-23(2)36-34)42-25-15-13-24(14-16-25)41-43(39,40)33-10-6-7-26-27(33)8-5-9-31(26)38(3)4/h5-21H,1-4H3,(H,35,36,37). The first-order chi connectivity index (χ1) is 20.7. The highest BCUT2D eigenvalue weighted by atomic mass is 32.2. The van der Waals surface area contributed by atoms with E-state index in [9.17, 15) is 8.42 Å². The molecular formula is C34H30N4O3S2. The second-order valence-corrected chi connectivity index (χ2v) is 13.1. The zero-order valence-electron chi connectivity index (χ0n) is 24.2. The van der Waals surface area contributed by atoms with Crippen molar-refractivity contribution in [3.05, 3.63) is 115 Å². The number of hydrogen-bond donors (Lipinski definition) is 1. The van der Waals surface area contributed by atoms with Gasteiger partial charge in [0.05, 0.1) is 11.4 Å². The summed E-state index contributed by atoms with van der Waals surface area (Å²) in [4.78, 5) is 13.0. The van der Waals surface area contributed by atoms with Crippen molar-refractivity contribution in [2.75, 3.05) is 24.3 Å². The molecule has 6 aromatic rings. The Morgan fingerprint density at radius 1 is 0.791 bits per heavy atom. The number of rotatable bonds is 8. The molecule has 0 aliphatic heterocycles. The van der Waals surface area contributed by atoms with Crippen LogP contribution in [0.1, 0.15) is 11.3 Å². The van der Waals surface area contributed by atoms with Crippen molar-refractivity contribution >= 4 is 60.7 Å². The maximum Gasteiger partial charge on any atom is 0.339 e. The van der Waals surface area contributed by atoms with Gasteiger partial charge in [-0.15, -0.1) is 0 Å². The molecule has 0 unspecified atom stereocenters. The van der Waals surface area contributed by atoms with E-state index in [-0.39, 0.29) is 10.6 Å². The van der Waals surface area contributed by atoms with Crippen LogP contribution in [0, 0.1) is 13.8 Å². The molecule has 0 aliphatic carbocycles. The van der Waals surface area contributed by atoms with E-state index in [1.807, 2.05) is 74.4 Å². The number of aromatic nitrogens is 2. The maximum absolute atomic E-state index is 13.4. The van der Waals surface area contributed by atoms with Gasteiger partial charge in [-0.2, -0.15) is 8.42 Å². The van der Waals surface area contributed by atoms with Crippen LogP contribution in [-0.4, -0.2) is 32.5 Å². The Kier molecular flexibility index (Phi) is 7.68. The second-order valence-electron chi connectivity index (χ2n) is 10.4. The van der Waals surface area contributed by atoms with E-state index in [1.165, 1.54) is 0 Å². The van der Waals surface area contributed by atoms with Crippen LogP contribution in [-0.2, 0) is 10.1 Å². The van der Waals surface area contributed by atoms with Gasteiger partial charge in [0.25, 0.3) is 0 Å². The smallest absolute Gasteiger partial charge is 0.339 e. The van der Waals surface area contributed by atoms with Gasteiger partial charge in [-0.1, -0.05) is 42.1 Å². The van der Waals surface area contributed by atoms with E-state index < -0.39 is 10.1 Å². The first-order valence-corrected chi connectivity index (χ1v) is 15.9. The van der Waals surface area contributed by atoms with Crippen molar-refractivity contribution in [1.82, 2.24) is 9.97 Å². The second kappa shape index (κ2) is 11.6. The van der Waals surface area contributed by atoms with Gasteiger partial charge < -0.3 is 14.4 Å². The number of pyridine rings is 2. The quantitative estimate of drug-likeness (QED) is 0.174. The van der Waals surface area contributed by atoms with Crippen molar-refractivity contribution in [3.8, 4) is 5.75 Å². The summed E-state index contributed by atoms with van der Waals surface area (Å²) >= 11 is 1.58. The number of anilines is 3. The van der Waals surface area contributed by atoms with Crippen molar-refractivity contribution in [3.63, 3.8) is 0 Å². The molecule has 216 valence electrons. The van der Waals surface area contributed by atoms with E-state index in [0.717, 1.165) is 48.9 Å². The van der Waals surface area contributed by atoms with Gasteiger partial charge >= 0.3 is 10.1 Å². The molecule has 2 aromatic heterocycles. The van der Waals surface area contributed by atoms with Crippen LogP contribution in [0.4, 0.5) is 17.1 Å². The molecule has 0 atom stereocenters. The molecule has 0 bridgehead atoms. The Morgan fingerprint density at radius 2 is 1.56 bits per heavy atom. The highest BCUT2D eigenvalue weighted by Gasteiger charge is 2.21. The summed E-state index contributed by atoms with van der Waals surface area (Å²) in [6.07, 6.45) is 1.76. The van der Waals surface area contributed by atoms with Crippen molar-refractivity contribution in [1.29, 1.82) is 0 Å². The van der Waals surface area contributed by atoms with Gasteiger partial charge in [-0.05, 0) is 86.1 Å². The molecular weight excluding hydrogens is 577 g/mol. The first kappa shape index (κ1) is 28.5. The average Bonchev–Trinajstić information content (AvgIpc) is 2.98. The van der Waals surface area contributed by atoms with Crippen molar-refractivity contribution < 1.29 is 12.6 Å². The molecule has 0 spiro atoms. The fraction of sp³-hybridized carbons (Fsp3) is 0.118. The third-order valence-electron chi connectivity index (χ3n) is 7.01. The molecule has 0 amide bonds. The van der Waals surface area contributed by atoms with Gasteiger partial charge in [-0.25, -0.2) is 9.97 Å². The Bertz CT molecular complexity index is 2080. The highest BCUT2D eigenvalue weighted by Crippen LogP contribution is 2.38. The molecule has 0 saturated heterocycles. The fourth-order valence-corrected chi connectivity index (χ4v) is 6.97. The van der Waals surface area contributed by atoms with Crippen LogP contribution >= 0.6 is 11.8 Å². The summed E-state index contributed by atoms with van der Waals surface area (Å²) in [7, 11) is -0.203. The summed E-state index contributed by atoms with van der Waals surface area (Å²) in [5, 5.41) is 5.98. The van der Waals surface area contributed by atoms with E-state index in [2.05, 4.69) is 40.4 Å². The topological polar surface area (TPSA) is 84.4 Å². The van der Waals surface area contributed by atoms with Gasteiger partial charge in [-0.3, -0.25) is 0 Å². The fourth-order valence-electron chi connectivity index (χ4n) is 4.94. The van der Waals surface area contributed by atoms with Gasteiger partial charge in [0.15, 0.2) is 5.65 Å². The number of benzene rings is 4. The molecule has 43 heavy (non-hydrogen) atoms. The predicted octanol–water partition coefficient (Wildman–Crippen LogP) is 8.13. The van der Waals surface area contributed by atoms with Crippen LogP contribution < -0.4 is 14.4 Å². The third-order valence-corrected chi connectivity index (χ3v) is 9.40. The Hall–Kier alpha value is -4.60. The zero-order chi connectivity index (χ0) is 30.1. The number of nitrogens with one attached hydrogen (secondary N) is 1. The molecule has 7 nitrogen and oxygen atoms in total. The largest absolute Gasteiger partial charge is 0.379 e. The monoisotopic (exact) mass is 606 g/mol. The van der Waals surface area contributed by atoms with Gasteiger partial charge in [0.2, 0.25) is 0 Å². The lowest BCUT2D eigenvalue weighted by molar-refractivity contribution is 0.487. The SMILES string of the molecule is Cc1ccc(Sc2ccc(OS(=O)(=O)c3cccc4c(N(C)C)cccc34)cc2)c(Nc2ccnc3nc(C)ccc23)c1. The molecule has 0 saturated carbocycles. The normalized spacial score (nSPS) is 11.5. The Labute approximate surface area is 255 Å². The number of nitrogens with zero attached hydrogens (tertiary/aromatic N) is 3. The minimum absolute atomic E-state index is 0.136. The Morgan fingerprint density at radius 3 is 2.35 bits per heavy atom. The summed E-state index contributed by atoms with van der Waals surface area (Å²) in [6.45, 7) is 4.01. The number of fused-ring (bicyclic) bond motifs is 2. The first-order valence-electron chi connectivity index (χ1n) is 13.7. The lowest BCUT2D eigenvalue weighted by Crippen LogP contribution is -2.12. The predicted molar refractivity (Wildman–Crippen MR) is 175 cm³/mol. The van der Waals surface area contributed by atoms with E-state index in [1.54, 1.807) is 48.3 Å². The van der Waals surface area contributed by atoms with Crippen molar-refractivity contribution in [2.45, 2.75) is 28.5 Å². The molecule has 0 aliphatic rings. The summed E-state index contributed by atoms with van der Waals surface area (Å²) in [5.74, 6) is 0.249. The molecule has 6 rings (SSSR count).